The summed E-state index contributed by atoms with van der Waals surface area (Å²) >= 11 is 0. The van der Waals surface area contributed by atoms with Gasteiger partial charge in [-0.3, -0.25) is 5.01 Å². The maximum absolute atomic E-state index is 9.62. The molecule has 0 atom stereocenters. The average Bonchev–Trinajstić information content (AvgIpc) is 3.35. The molecule has 1 aromatic heterocycles. The third kappa shape index (κ3) is 3.05. The van der Waals surface area contributed by atoms with E-state index in [1.807, 2.05) is 55.3 Å². The van der Waals surface area contributed by atoms with Crippen LogP contribution in [0.2, 0.25) is 0 Å². The van der Waals surface area contributed by atoms with Crippen LogP contribution in [-0.4, -0.2) is 27.4 Å². The molecule has 7 heteroatoms. The molecule has 1 aliphatic heterocycles. The smallest absolute Gasteiger partial charge is 0.258 e. The van der Waals surface area contributed by atoms with E-state index in [1.165, 1.54) is 5.56 Å². The van der Waals surface area contributed by atoms with Gasteiger partial charge in [0.05, 0.1) is 23.5 Å². The molecule has 0 fully saturated rings. The Labute approximate surface area is 158 Å². The average molecular weight is 365 g/mol. The van der Waals surface area contributed by atoms with Gasteiger partial charge < -0.3 is 15.1 Å². The van der Waals surface area contributed by atoms with Crippen LogP contribution in [0.4, 0.5) is 11.4 Å². The first-order chi connectivity index (χ1) is 13.0. The van der Waals surface area contributed by atoms with Crippen LogP contribution in [0.3, 0.4) is 0 Å². The molecule has 3 N–H and O–H groups in total. The highest BCUT2D eigenvalue weighted by molar-refractivity contribution is 5.79. The number of aryl methyl sites for hydroxylation is 1. The van der Waals surface area contributed by atoms with Crippen LogP contribution in [0.25, 0.3) is 22.8 Å². The molecule has 4 rings (SSSR count). The minimum Gasteiger partial charge on any atom is -0.394 e. The zero-order valence-corrected chi connectivity index (χ0v) is 15.7. The van der Waals surface area contributed by atoms with Gasteiger partial charge in [0.15, 0.2) is 0 Å². The molecule has 0 spiro atoms. The third-order valence-corrected chi connectivity index (χ3v) is 4.84. The number of aliphatic hydroxyl groups excluding tert-OH is 1. The van der Waals surface area contributed by atoms with Gasteiger partial charge in [-0.25, -0.2) is 0 Å². The lowest BCUT2D eigenvalue weighted by Gasteiger charge is -2.34. The van der Waals surface area contributed by atoms with E-state index in [1.54, 1.807) is 0 Å². The monoisotopic (exact) mass is 365 g/mol. The second kappa shape index (κ2) is 6.68. The summed E-state index contributed by atoms with van der Waals surface area (Å²) in [5.41, 5.74) is 10.6. The van der Waals surface area contributed by atoms with Gasteiger partial charge in [0.2, 0.25) is 5.82 Å². The lowest BCUT2D eigenvalue weighted by atomic mass is 10.0. The lowest BCUT2D eigenvalue weighted by Crippen LogP contribution is -2.53. The molecule has 1 aliphatic rings. The van der Waals surface area contributed by atoms with E-state index >= 15 is 0 Å². The molecule has 7 nitrogen and oxygen atoms in total. The summed E-state index contributed by atoms with van der Waals surface area (Å²) < 4.78 is 5.52. The number of anilines is 2. The fourth-order valence-electron chi connectivity index (χ4n) is 3.18. The lowest BCUT2D eigenvalue weighted by molar-refractivity contribution is 0.206. The van der Waals surface area contributed by atoms with Gasteiger partial charge in [-0.05, 0) is 50.1 Å². The fourth-order valence-corrected chi connectivity index (χ4v) is 3.18. The highest BCUT2D eigenvalue weighted by Gasteiger charge is 2.32. The molecular weight excluding hydrogens is 342 g/mol. The van der Waals surface area contributed by atoms with E-state index in [4.69, 9.17) is 4.52 Å². The summed E-state index contributed by atoms with van der Waals surface area (Å²) in [6.45, 7) is 6.05. The van der Waals surface area contributed by atoms with E-state index in [-0.39, 0.29) is 6.61 Å². The molecular formula is C20H23N5O2. The van der Waals surface area contributed by atoms with Crippen molar-refractivity contribution in [2.75, 3.05) is 17.0 Å². The molecule has 2 aromatic carbocycles. The van der Waals surface area contributed by atoms with E-state index in [0.717, 1.165) is 28.9 Å². The molecule has 0 bridgehead atoms. The Kier molecular flexibility index (Phi) is 4.33. The number of fused-ring (bicyclic) bond motifs is 1. The minimum atomic E-state index is -0.442. The van der Waals surface area contributed by atoms with E-state index < -0.39 is 5.54 Å². The van der Waals surface area contributed by atoms with Crippen molar-refractivity contribution in [2.24, 2.45) is 0 Å². The standard InChI is InChI=1S/C20H23N5O2/c1-4-13-7-5-6-8-15(13)19-21-18(23-27-19)14-9-10-17-16(11-14)22-24-25(17)20(2,3)12-26/h5-11,22,24,26H,4,12H2,1-3H3. The molecule has 0 saturated carbocycles. The second-order valence-electron chi connectivity index (χ2n) is 7.21. The number of hydrogen-bond donors (Lipinski definition) is 3. The van der Waals surface area contributed by atoms with Crippen molar-refractivity contribution in [1.82, 2.24) is 15.7 Å². The van der Waals surface area contributed by atoms with Gasteiger partial charge in [0.25, 0.3) is 5.89 Å². The number of hydrogen-bond acceptors (Lipinski definition) is 7. The van der Waals surface area contributed by atoms with Gasteiger partial charge in [0, 0.05) is 11.1 Å². The van der Waals surface area contributed by atoms with Gasteiger partial charge in [-0.2, -0.15) is 4.98 Å². The fraction of sp³-hybridized carbons (Fsp3) is 0.300. The summed E-state index contributed by atoms with van der Waals surface area (Å²) in [6.07, 6.45) is 0.902. The van der Waals surface area contributed by atoms with Crippen LogP contribution in [0.5, 0.6) is 0 Å². The first kappa shape index (κ1) is 17.5. The Morgan fingerprint density at radius 1 is 1.19 bits per heavy atom. The quantitative estimate of drug-likeness (QED) is 0.639. The largest absolute Gasteiger partial charge is 0.394 e. The van der Waals surface area contributed by atoms with Gasteiger partial charge in [0.1, 0.15) is 0 Å². The molecule has 27 heavy (non-hydrogen) atoms. The molecule has 0 aliphatic carbocycles. The number of aromatic nitrogens is 2. The normalized spacial score (nSPS) is 13.6. The van der Waals surface area contributed by atoms with Crippen LogP contribution >= 0.6 is 0 Å². The van der Waals surface area contributed by atoms with Crippen molar-refractivity contribution in [1.29, 1.82) is 0 Å². The van der Waals surface area contributed by atoms with Crippen molar-refractivity contribution < 1.29 is 9.63 Å². The van der Waals surface area contributed by atoms with Gasteiger partial charge in [-0.15, -0.1) is 5.53 Å². The molecule has 0 radical (unpaired) electrons. The Morgan fingerprint density at radius 3 is 2.78 bits per heavy atom. The number of nitrogens with zero attached hydrogens (tertiary/aromatic N) is 3. The molecule has 0 amide bonds. The topological polar surface area (TPSA) is 86.5 Å². The third-order valence-electron chi connectivity index (χ3n) is 4.84. The number of rotatable bonds is 5. The van der Waals surface area contributed by atoms with E-state index in [9.17, 15) is 5.11 Å². The van der Waals surface area contributed by atoms with Crippen molar-refractivity contribution in [3.8, 4) is 22.8 Å². The zero-order chi connectivity index (χ0) is 19.0. The second-order valence-corrected chi connectivity index (χ2v) is 7.21. The predicted molar refractivity (Wildman–Crippen MR) is 105 cm³/mol. The Morgan fingerprint density at radius 2 is 2.00 bits per heavy atom. The van der Waals surface area contributed by atoms with Crippen molar-refractivity contribution in [3.63, 3.8) is 0 Å². The highest BCUT2D eigenvalue weighted by Crippen LogP contribution is 2.36. The van der Waals surface area contributed by atoms with Crippen LogP contribution in [0.1, 0.15) is 26.3 Å². The summed E-state index contributed by atoms with van der Waals surface area (Å²) in [5.74, 6) is 1.07. The van der Waals surface area contributed by atoms with E-state index in [0.29, 0.717) is 11.7 Å². The molecule has 3 aromatic rings. The SMILES string of the molecule is CCc1ccccc1-c1nc(-c2ccc3c(c2)NNN3C(C)(C)CO)no1. The summed E-state index contributed by atoms with van der Waals surface area (Å²) in [5, 5.41) is 15.7. The van der Waals surface area contributed by atoms with E-state index in [2.05, 4.69) is 34.1 Å². The number of hydrazine groups is 2. The number of benzene rings is 2. The zero-order valence-electron chi connectivity index (χ0n) is 15.7. The highest BCUT2D eigenvalue weighted by atomic mass is 16.5. The van der Waals surface area contributed by atoms with Crippen LogP contribution < -0.4 is 16.0 Å². The number of aliphatic hydroxyl groups is 1. The molecule has 0 saturated heterocycles. The Balaban J connectivity index is 1.66. The van der Waals surface area contributed by atoms with Crippen molar-refractivity contribution in [3.05, 3.63) is 48.0 Å². The van der Waals surface area contributed by atoms with Gasteiger partial charge >= 0.3 is 0 Å². The Bertz CT molecular complexity index is 967. The van der Waals surface area contributed by atoms with Gasteiger partial charge in [-0.1, -0.05) is 30.3 Å². The number of nitrogens with one attached hydrogen (secondary N) is 2. The first-order valence-corrected chi connectivity index (χ1v) is 9.02. The molecule has 0 unspecified atom stereocenters. The van der Waals surface area contributed by atoms with Crippen LogP contribution in [-0.2, 0) is 6.42 Å². The van der Waals surface area contributed by atoms with Crippen LogP contribution in [0, 0.1) is 0 Å². The Hall–Kier alpha value is -2.90. The molecule has 2 heterocycles. The maximum Gasteiger partial charge on any atom is 0.258 e. The minimum absolute atomic E-state index is 0.0217. The summed E-state index contributed by atoms with van der Waals surface area (Å²) in [7, 11) is 0. The van der Waals surface area contributed by atoms with Crippen LogP contribution in [0.15, 0.2) is 47.0 Å². The maximum atomic E-state index is 9.62. The summed E-state index contributed by atoms with van der Waals surface area (Å²) in [6, 6.07) is 14.0. The molecule has 140 valence electrons. The van der Waals surface area contributed by atoms with Crippen molar-refractivity contribution >= 4 is 11.4 Å². The predicted octanol–water partition coefficient (Wildman–Crippen LogP) is 3.39. The summed E-state index contributed by atoms with van der Waals surface area (Å²) in [4.78, 5) is 4.59. The first-order valence-electron chi connectivity index (χ1n) is 9.02. The van der Waals surface area contributed by atoms with Crippen molar-refractivity contribution in [2.45, 2.75) is 32.7 Å².